The van der Waals surface area contributed by atoms with Gasteiger partial charge in [0, 0.05) is 19.4 Å². The summed E-state index contributed by atoms with van der Waals surface area (Å²) in [7, 11) is 1.69. The van der Waals surface area contributed by atoms with Gasteiger partial charge in [0.2, 0.25) is 0 Å². The molecule has 0 saturated heterocycles. The van der Waals surface area contributed by atoms with E-state index in [1.54, 1.807) is 7.11 Å². The lowest BCUT2D eigenvalue weighted by Crippen LogP contribution is -2.22. The number of anilines is 1. The van der Waals surface area contributed by atoms with Crippen LogP contribution < -0.4 is 5.73 Å². The zero-order chi connectivity index (χ0) is 11.6. The van der Waals surface area contributed by atoms with Crippen LogP contribution in [0, 0.1) is 0 Å². The van der Waals surface area contributed by atoms with Crippen LogP contribution in [0.4, 0.5) is 5.69 Å². The lowest BCUT2D eigenvalue weighted by molar-refractivity contribution is 0.0204. The Morgan fingerprint density at radius 2 is 2.31 bits per heavy atom. The number of nitrogens with two attached hydrogens (primary N) is 1. The van der Waals surface area contributed by atoms with Crippen LogP contribution in [-0.4, -0.2) is 18.8 Å². The van der Waals surface area contributed by atoms with Crippen molar-refractivity contribution >= 4 is 5.69 Å². The molecule has 2 rings (SSSR count). The Balaban J connectivity index is 2.15. The summed E-state index contributed by atoms with van der Waals surface area (Å²) >= 11 is 0. The van der Waals surface area contributed by atoms with Crippen molar-refractivity contribution in [3.05, 3.63) is 29.3 Å². The van der Waals surface area contributed by atoms with Gasteiger partial charge in [-0.05, 0) is 48.9 Å². The fourth-order valence-corrected chi connectivity index (χ4v) is 2.52. The van der Waals surface area contributed by atoms with E-state index < -0.39 is 5.60 Å². The summed E-state index contributed by atoms with van der Waals surface area (Å²) in [6, 6.07) is 5.81. The molecule has 0 bridgehead atoms. The number of hydrogen-bond acceptors (Lipinski definition) is 3. The summed E-state index contributed by atoms with van der Waals surface area (Å²) in [6.45, 7) is 0.701. The number of ether oxygens (including phenoxy) is 1. The number of benzene rings is 1. The summed E-state index contributed by atoms with van der Waals surface area (Å²) in [5.41, 5.74) is 8.10. The van der Waals surface area contributed by atoms with Crippen molar-refractivity contribution in [2.75, 3.05) is 19.5 Å². The van der Waals surface area contributed by atoms with Crippen LogP contribution >= 0.6 is 0 Å². The van der Waals surface area contributed by atoms with Gasteiger partial charge in [0.15, 0.2) is 0 Å². The van der Waals surface area contributed by atoms with E-state index in [2.05, 4.69) is 0 Å². The molecule has 1 unspecified atom stereocenters. The minimum absolute atomic E-state index is 0.665. The first-order valence-corrected chi connectivity index (χ1v) is 5.76. The predicted octanol–water partition coefficient (Wildman–Crippen LogP) is 1.83. The van der Waals surface area contributed by atoms with Gasteiger partial charge in [-0.25, -0.2) is 0 Å². The number of fused-ring (bicyclic) bond motifs is 1. The van der Waals surface area contributed by atoms with Crippen molar-refractivity contribution in [1.82, 2.24) is 0 Å². The highest BCUT2D eigenvalue weighted by molar-refractivity contribution is 5.48. The lowest BCUT2D eigenvalue weighted by Gasteiger charge is -2.24. The first-order valence-electron chi connectivity index (χ1n) is 5.76. The number of nitrogen functional groups attached to an aromatic ring is 1. The molecule has 0 saturated carbocycles. The molecule has 1 aromatic rings. The minimum Gasteiger partial charge on any atom is -0.399 e. The highest BCUT2D eigenvalue weighted by atomic mass is 16.5. The van der Waals surface area contributed by atoms with E-state index >= 15 is 0 Å². The van der Waals surface area contributed by atoms with Crippen molar-refractivity contribution < 1.29 is 9.84 Å². The predicted molar refractivity (Wildman–Crippen MR) is 64.2 cm³/mol. The SMILES string of the molecule is COCCCC1(O)CCc2cc(N)ccc21. The maximum absolute atomic E-state index is 10.6. The zero-order valence-electron chi connectivity index (χ0n) is 9.70. The van der Waals surface area contributed by atoms with Crippen molar-refractivity contribution in [2.24, 2.45) is 0 Å². The van der Waals surface area contributed by atoms with Crippen LogP contribution in [0.3, 0.4) is 0 Å². The Morgan fingerprint density at radius 3 is 3.06 bits per heavy atom. The maximum Gasteiger partial charge on any atom is 0.0903 e. The van der Waals surface area contributed by atoms with Crippen molar-refractivity contribution in [1.29, 1.82) is 0 Å². The second-order valence-corrected chi connectivity index (χ2v) is 4.54. The van der Waals surface area contributed by atoms with E-state index in [1.165, 1.54) is 5.56 Å². The van der Waals surface area contributed by atoms with Gasteiger partial charge < -0.3 is 15.6 Å². The Bertz CT molecular complexity index is 378. The average Bonchev–Trinajstić information content (AvgIpc) is 2.57. The summed E-state index contributed by atoms with van der Waals surface area (Å²) in [5, 5.41) is 10.6. The Labute approximate surface area is 96.2 Å². The van der Waals surface area contributed by atoms with Gasteiger partial charge in [-0.15, -0.1) is 0 Å². The van der Waals surface area contributed by atoms with E-state index in [-0.39, 0.29) is 0 Å². The molecule has 0 heterocycles. The van der Waals surface area contributed by atoms with E-state index in [0.29, 0.717) is 6.61 Å². The van der Waals surface area contributed by atoms with Crippen molar-refractivity contribution in [3.8, 4) is 0 Å². The second-order valence-electron chi connectivity index (χ2n) is 4.54. The molecule has 0 amide bonds. The van der Waals surface area contributed by atoms with Crippen molar-refractivity contribution in [3.63, 3.8) is 0 Å². The molecule has 3 heteroatoms. The van der Waals surface area contributed by atoms with E-state index in [1.807, 2.05) is 18.2 Å². The Hall–Kier alpha value is -1.06. The summed E-state index contributed by atoms with van der Waals surface area (Å²) < 4.78 is 5.02. The second kappa shape index (κ2) is 4.44. The number of aryl methyl sites for hydroxylation is 1. The average molecular weight is 221 g/mol. The van der Waals surface area contributed by atoms with E-state index in [4.69, 9.17) is 10.5 Å². The van der Waals surface area contributed by atoms with Crippen LogP contribution in [0.2, 0.25) is 0 Å². The molecule has 0 aliphatic heterocycles. The van der Waals surface area contributed by atoms with Gasteiger partial charge in [0.05, 0.1) is 5.60 Å². The molecule has 0 radical (unpaired) electrons. The molecule has 0 aromatic heterocycles. The van der Waals surface area contributed by atoms with Gasteiger partial charge in [0.1, 0.15) is 0 Å². The molecule has 3 nitrogen and oxygen atoms in total. The maximum atomic E-state index is 10.6. The summed E-state index contributed by atoms with van der Waals surface area (Å²) in [6.07, 6.45) is 3.37. The molecule has 1 aromatic carbocycles. The summed E-state index contributed by atoms with van der Waals surface area (Å²) in [4.78, 5) is 0. The van der Waals surface area contributed by atoms with Gasteiger partial charge in [0.25, 0.3) is 0 Å². The third-order valence-corrected chi connectivity index (χ3v) is 3.38. The standard InChI is InChI=1S/C13H19NO2/c1-16-8-2-6-13(15)7-5-10-9-11(14)3-4-12(10)13/h3-4,9,15H,2,5-8,14H2,1H3. The van der Waals surface area contributed by atoms with Crippen LogP contribution in [0.5, 0.6) is 0 Å². The topological polar surface area (TPSA) is 55.5 Å². The molecule has 16 heavy (non-hydrogen) atoms. The van der Waals surface area contributed by atoms with Crippen LogP contribution in [0.25, 0.3) is 0 Å². The molecule has 0 fully saturated rings. The quantitative estimate of drug-likeness (QED) is 0.602. The smallest absolute Gasteiger partial charge is 0.0903 e. The molecule has 1 aliphatic rings. The third-order valence-electron chi connectivity index (χ3n) is 3.38. The first kappa shape index (κ1) is 11.4. The van der Waals surface area contributed by atoms with Gasteiger partial charge >= 0.3 is 0 Å². The number of aliphatic hydroxyl groups is 1. The summed E-state index contributed by atoms with van der Waals surface area (Å²) in [5.74, 6) is 0. The number of methoxy groups -OCH3 is 1. The molecular formula is C13H19NO2. The fourth-order valence-electron chi connectivity index (χ4n) is 2.52. The normalized spacial score (nSPS) is 23.4. The number of hydrogen-bond donors (Lipinski definition) is 2. The third kappa shape index (κ3) is 2.06. The highest BCUT2D eigenvalue weighted by Gasteiger charge is 2.35. The lowest BCUT2D eigenvalue weighted by atomic mass is 9.91. The largest absolute Gasteiger partial charge is 0.399 e. The van der Waals surface area contributed by atoms with Crippen LogP contribution in [-0.2, 0) is 16.8 Å². The van der Waals surface area contributed by atoms with E-state index in [0.717, 1.165) is 36.9 Å². The molecule has 88 valence electrons. The molecule has 3 N–H and O–H groups in total. The molecule has 0 spiro atoms. The zero-order valence-corrected chi connectivity index (χ0v) is 9.70. The minimum atomic E-state index is -0.665. The molecular weight excluding hydrogens is 202 g/mol. The van der Waals surface area contributed by atoms with Crippen LogP contribution in [0.1, 0.15) is 30.4 Å². The Kier molecular flexibility index (Phi) is 3.17. The van der Waals surface area contributed by atoms with E-state index in [9.17, 15) is 5.11 Å². The highest BCUT2D eigenvalue weighted by Crippen LogP contribution is 2.40. The number of rotatable bonds is 4. The Morgan fingerprint density at radius 1 is 1.50 bits per heavy atom. The fraction of sp³-hybridized carbons (Fsp3) is 0.538. The van der Waals surface area contributed by atoms with Gasteiger partial charge in [-0.2, -0.15) is 0 Å². The molecule has 1 atom stereocenters. The van der Waals surface area contributed by atoms with Gasteiger partial charge in [-0.1, -0.05) is 6.07 Å². The monoisotopic (exact) mass is 221 g/mol. The first-order chi connectivity index (χ1) is 7.65. The van der Waals surface area contributed by atoms with Crippen molar-refractivity contribution in [2.45, 2.75) is 31.3 Å². The van der Waals surface area contributed by atoms with Gasteiger partial charge in [-0.3, -0.25) is 0 Å². The molecule has 1 aliphatic carbocycles. The van der Waals surface area contributed by atoms with Crippen LogP contribution in [0.15, 0.2) is 18.2 Å².